The number of phenolic OH excluding ortho intramolecular Hbond substituents is 1. The van der Waals surface area contributed by atoms with Gasteiger partial charge in [-0.25, -0.2) is 4.98 Å². The second-order valence-electron chi connectivity index (χ2n) is 3.90. The average molecular weight is 261 g/mol. The van der Waals surface area contributed by atoms with E-state index in [0.29, 0.717) is 5.56 Å². The number of hydrogen-bond donors (Lipinski definition) is 4. The molecule has 98 valence electrons. The number of aromatic amines is 1. The van der Waals surface area contributed by atoms with Crippen LogP contribution in [0.15, 0.2) is 29.1 Å². The Balaban J connectivity index is 2.51. The van der Waals surface area contributed by atoms with Gasteiger partial charge in [0, 0.05) is 5.56 Å². The number of H-pyrrole nitrogens is 1. The number of aromatic hydroxyl groups is 1. The van der Waals surface area contributed by atoms with Crippen molar-refractivity contribution in [3.8, 4) is 17.1 Å². The Bertz CT molecular complexity index is 694. The van der Waals surface area contributed by atoms with Gasteiger partial charge in [0.05, 0.1) is 12.0 Å². The summed E-state index contributed by atoms with van der Waals surface area (Å²) in [5, 5.41) is 18.0. The number of nitrogens with zero attached hydrogens (tertiary/aromatic N) is 1. The smallest absolute Gasteiger partial charge is 0.308 e. The summed E-state index contributed by atoms with van der Waals surface area (Å²) in [6, 6.07) is 6.11. The first-order valence-electron chi connectivity index (χ1n) is 5.37. The summed E-state index contributed by atoms with van der Waals surface area (Å²) in [6.07, 6.45) is -0.492. The van der Waals surface area contributed by atoms with Crippen molar-refractivity contribution in [1.29, 1.82) is 0 Å². The fourth-order valence-electron chi connectivity index (χ4n) is 1.63. The highest BCUT2D eigenvalue weighted by atomic mass is 16.4. The highest BCUT2D eigenvalue weighted by Crippen LogP contribution is 2.20. The molecule has 0 saturated heterocycles. The zero-order valence-electron chi connectivity index (χ0n) is 9.75. The molecule has 7 nitrogen and oxygen atoms in total. The molecule has 0 saturated carbocycles. The predicted octanol–water partition coefficient (Wildman–Crippen LogP) is 0.352. The molecule has 2 aromatic rings. The third-order valence-corrected chi connectivity index (χ3v) is 2.50. The monoisotopic (exact) mass is 261 g/mol. The zero-order valence-corrected chi connectivity index (χ0v) is 9.75. The summed E-state index contributed by atoms with van der Waals surface area (Å²) in [5.74, 6) is -1.10. The molecule has 0 atom stereocenters. The maximum Gasteiger partial charge on any atom is 0.308 e. The van der Waals surface area contributed by atoms with E-state index in [1.54, 1.807) is 12.1 Å². The number of nitrogen functional groups attached to an aromatic ring is 1. The molecule has 19 heavy (non-hydrogen) atoms. The minimum Gasteiger partial charge on any atom is -0.508 e. The topological polar surface area (TPSA) is 129 Å². The van der Waals surface area contributed by atoms with Crippen molar-refractivity contribution < 1.29 is 15.0 Å². The fraction of sp³-hybridized carbons (Fsp3) is 0.0833. The van der Waals surface area contributed by atoms with Crippen molar-refractivity contribution >= 4 is 11.8 Å². The van der Waals surface area contributed by atoms with Crippen LogP contribution in [-0.2, 0) is 11.2 Å². The van der Waals surface area contributed by atoms with Crippen LogP contribution < -0.4 is 11.3 Å². The number of nitrogens with one attached hydrogen (secondary N) is 1. The number of carbonyl (C=O) groups is 1. The second-order valence-corrected chi connectivity index (χ2v) is 3.90. The molecule has 0 unspecified atom stereocenters. The van der Waals surface area contributed by atoms with E-state index in [2.05, 4.69) is 9.97 Å². The van der Waals surface area contributed by atoms with Gasteiger partial charge in [-0.2, -0.15) is 0 Å². The van der Waals surface area contributed by atoms with Gasteiger partial charge >= 0.3 is 5.97 Å². The van der Waals surface area contributed by atoms with Crippen LogP contribution in [0.1, 0.15) is 5.56 Å². The summed E-state index contributed by atoms with van der Waals surface area (Å²) in [7, 11) is 0. The Morgan fingerprint density at radius 3 is 2.74 bits per heavy atom. The van der Waals surface area contributed by atoms with Gasteiger partial charge in [0.2, 0.25) is 0 Å². The summed E-state index contributed by atoms with van der Waals surface area (Å²) in [6.45, 7) is 0. The summed E-state index contributed by atoms with van der Waals surface area (Å²) in [4.78, 5) is 28.7. The molecule has 0 bridgehead atoms. The van der Waals surface area contributed by atoms with E-state index in [-0.39, 0.29) is 23.0 Å². The Labute approximate surface area is 107 Å². The van der Waals surface area contributed by atoms with E-state index < -0.39 is 17.9 Å². The number of rotatable bonds is 3. The maximum atomic E-state index is 11.8. The number of aromatic nitrogens is 2. The van der Waals surface area contributed by atoms with Crippen molar-refractivity contribution in [3.05, 3.63) is 40.2 Å². The molecule has 5 N–H and O–H groups in total. The van der Waals surface area contributed by atoms with Crippen molar-refractivity contribution in [1.82, 2.24) is 9.97 Å². The minimum atomic E-state index is -1.16. The quantitative estimate of drug-likeness (QED) is 0.631. The third kappa shape index (κ3) is 2.71. The van der Waals surface area contributed by atoms with Gasteiger partial charge in [0.25, 0.3) is 5.56 Å². The molecule has 1 aromatic heterocycles. The van der Waals surface area contributed by atoms with Crippen molar-refractivity contribution in [3.63, 3.8) is 0 Å². The summed E-state index contributed by atoms with van der Waals surface area (Å²) < 4.78 is 0. The van der Waals surface area contributed by atoms with E-state index in [9.17, 15) is 14.7 Å². The van der Waals surface area contributed by atoms with Crippen molar-refractivity contribution in [2.75, 3.05) is 5.73 Å². The Morgan fingerprint density at radius 2 is 2.16 bits per heavy atom. The average Bonchev–Trinajstić information content (AvgIpc) is 2.33. The van der Waals surface area contributed by atoms with E-state index in [0.717, 1.165) is 0 Å². The second kappa shape index (κ2) is 4.81. The lowest BCUT2D eigenvalue weighted by Gasteiger charge is -2.05. The largest absolute Gasteiger partial charge is 0.508 e. The molecular formula is C12H11N3O4. The molecule has 0 aliphatic rings. The number of aliphatic carboxylic acids is 1. The molecule has 0 amide bonds. The molecule has 0 aliphatic heterocycles. The lowest BCUT2D eigenvalue weighted by molar-refractivity contribution is -0.136. The zero-order chi connectivity index (χ0) is 14.0. The molecule has 2 rings (SSSR count). The van der Waals surface area contributed by atoms with Gasteiger partial charge in [-0.15, -0.1) is 0 Å². The normalized spacial score (nSPS) is 10.3. The van der Waals surface area contributed by atoms with Crippen LogP contribution in [0.2, 0.25) is 0 Å². The highest BCUT2D eigenvalue weighted by Gasteiger charge is 2.13. The van der Waals surface area contributed by atoms with E-state index >= 15 is 0 Å². The van der Waals surface area contributed by atoms with Crippen LogP contribution in [-0.4, -0.2) is 26.2 Å². The fourth-order valence-corrected chi connectivity index (χ4v) is 1.63. The molecule has 1 aromatic carbocycles. The molecule has 0 radical (unpaired) electrons. The Hall–Kier alpha value is -2.83. The highest BCUT2D eigenvalue weighted by molar-refractivity contribution is 5.72. The minimum absolute atomic E-state index is 0.0216. The van der Waals surface area contributed by atoms with Crippen molar-refractivity contribution in [2.45, 2.75) is 6.42 Å². The molecule has 7 heteroatoms. The standard InChI is InChI=1S/C12H11N3O4/c13-10-8(5-9(17)18)12(19)15-11(14-10)6-2-1-3-7(16)4-6/h1-4,16H,5H2,(H,17,18)(H3,13,14,15,19). The number of hydrogen-bond acceptors (Lipinski definition) is 5. The van der Waals surface area contributed by atoms with Gasteiger partial charge < -0.3 is 20.9 Å². The van der Waals surface area contributed by atoms with Crippen LogP contribution in [0.4, 0.5) is 5.82 Å². The number of nitrogens with two attached hydrogens (primary N) is 1. The first kappa shape index (κ1) is 12.6. The number of benzene rings is 1. The van der Waals surface area contributed by atoms with E-state index in [1.807, 2.05) is 0 Å². The maximum absolute atomic E-state index is 11.8. The third-order valence-electron chi connectivity index (χ3n) is 2.50. The summed E-state index contributed by atoms with van der Waals surface area (Å²) >= 11 is 0. The number of carboxylic acids is 1. The van der Waals surface area contributed by atoms with Gasteiger partial charge in [-0.05, 0) is 12.1 Å². The molecule has 1 heterocycles. The Morgan fingerprint density at radius 1 is 1.42 bits per heavy atom. The van der Waals surface area contributed by atoms with Crippen LogP contribution >= 0.6 is 0 Å². The number of anilines is 1. The van der Waals surface area contributed by atoms with Crippen molar-refractivity contribution in [2.24, 2.45) is 0 Å². The van der Waals surface area contributed by atoms with E-state index in [4.69, 9.17) is 10.8 Å². The predicted molar refractivity (Wildman–Crippen MR) is 67.7 cm³/mol. The lowest BCUT2D eigenvalue weighted by Crippen LogP contribution is -2.21. The molecule has 0 spiro atoms. The molecule has 0 aliphatic carbocycles. The van der Waals surface area contributed by atoms with Crippen LogP contribution in [0.25, 0.3) is 11.4 Å². The number of carboxylic acid groups (broad SMARTS) is 1. The number of phenols is 1. The van der Waals surface area contributed by atoms with Gasteiger partial charge in [-0.1, -0.05) is 12.1 Å². The molecule has 0 fully saturated rings. The Kier molecular flexibility index (Phi) is 3.19. The lowest BCUT2D eigenvalue weighted by atomic mass is 10.1. The van der Waals surface area contributed by atoms with Crippen LogP contribution in [0, 0.1) is 0 Å². The van der Waals surface area contributed by atoms with Gasteiger partial charge in [-0.3, -0.25) is 9.59 Å². The SMILES string of the molecule is Nc1nc(-c2cccc(O)c2)[nH]c(=O)c1CC(=O)O. The summed E-state index contributed by atoms with van der Waals surface area (Å²) in [5.41, 5.74) is 5.38. The van der Waals surface area contributed by atoms with Crippen LogP contribution in [0.5, 0.6) is 5.75 Å². The molecular weight excluding hydrogens is 250 g/mol. The van der Waals surface area contributed by atoms with Gasteiger partial charge in [0.15, 0.2) is 0 Å². The first-order chi connectivity index (χ1) is 8.97. The van der Waals surface area contributed by atoms with Gasteiger partial charge in [0.1, 0.15) is 17.4 Å². The first-order valence-corrected chi connectivity index (χ1v) is 5.37. The van der Waals surface area contributed by atoms with E-state index in [1.165, 1.54) is 12.1 Å². The van der Waals surface area contributed by atoms with Crippen LogP contribution in [0.3, 0.4) is 0 Å².